The average Bonchev–Trinajstić information content (AvgIpc) is 2.63. The van der Waals surface area contributed by atoms with Gasteiger partial charge in [-0.15, -0.1) is 0 Å². The molecule has 0 saturated carbocycles. The molecule has 2 N–H and O–H groups in total. The second kappa shape index (κ2) is 9.42. The van der Waals surface area contributed by atoms with Crippen molar-refractivity contribution in [2.75, 3.05) is 31.6 Å². The van der Waals surface area contributed by atoms with E-state index in [0.717, 1.165) is 25.0 Å². The van der Waals surface area contributed by atoms with Crippen LogP contribution in [-0.2, 0) is 9.53 Å². The lowest BCUT2D eigenvalue weighted by Crippen LogP contribution is -2.45. The van der Waals surface area contributed by atoms with Crippen LogP contribution in [0, 0.1) is 17.5 Å². The first-order valence-corrected chi connectivity index (χ1v) is 8.50. The van der Waals surface area contributed by atoms with E-state index >= 15 is 0 Å². The van der Waals surface area contributed by atoms with Gasteiger partial charge in [0.15, 0.2) is 17.5 Å². The zero-order chi connectivity index (χ0) is 19.1. The highest BCUT2D eigenvalue weighted by Crippen LogP contribution is 2.19. The molecule has 1 aromatic carbocycles. The zero-order valence-electron chi connectivity index (χ0n) is 14.5. The summed E-state index contributed by atoms with van der Waals surface area (Å²) in [7, 11) is 0. The molecule has 1 aliphatic rings. The normalized spacial score (nSPS) is 15.0. The SMILES string of the molecule is CCOC(=O)N1CCC(NCCC(=O)Nc2ccc(F)c(F)c2F)CC1. The molecule has 0 spiro atoms. The fourth-order valence-electron chi connectivity index (χ4n) is 2.71. The summed E-state index contributed by atoms with van der Waals surface area (Å²) >= 11 is 0. The highest BCUT2D eigenvalue weighted by atomic mass is 19.2. The number of halogens is 3. The van der Waals surface area contributed by atoms with Gasteiger partial charge in [-0.2, -0.15) is 0 Å². The van der Waals surface area contributed by atoms with Gasteiger partial charge in [-0.1, -0.05) is 0 Å². The summed E-state index contributed by atoms with van der Waals surface area (Å²) in [6.07, 6.45) is 1.20. The first kappa shape index (κ1) is 20.0. The molecule has 0 aromatic heterocycles. The number of benzene rings is 1. The molecule has 2 rings (SSSR count). The summed E-state index contributed by atoms with van der Waals surface area (Å²) in [5, 5.41) is 5.42. The van der Waals surface area contributed by atoms with Crippen molar-refractivity contribution >= 4 is 17.7 Å². The Hall–Kier alpha value is -2.29. The number of piperidine rings is 1. The van der Waals surface area contributed by atoms with Crippen LogP contribution in [0.3, 0.4) is 0 Å². The summed E-state index contributed by atoms with van der Waals surface area (Å²) in [5.41, 5.74) is -0.392. The lowest BCUT2D eigenvalue weighted by atomic mass is 10.1. The van der Waals surface area contributed by atoms with E-state index in [0.29, 0.717) is 26.2 Å². The first-order valence-electron chi connectivity index (χ1n) is 8.50. The van der Waals surface area contributed by atoms with Gasteiger partial charge in [0.2, 0.25) is 5.91 Å². The van der Waals surface area contributed by atoms with Crippen molar-refractivity contribution in [1.29, 1.82) is 0 Å². The van der Waals surface area contributed by atoms with Crippen LogP contribution < -0.4 is 10.6 Å². The fourth-order valence-corrected chi connectivity index (χ4v) is 2.71. The van der Waals surface area contributed by atoms with Crippen molar-refractivity contribution in [1.82, 2.24) is 10.2 Å². The quantitative estimate of drug-likeness (QED) is 0.752. The Bertz CT molecular complexity index is 650. The third-order valence-corrected chi connectivity index (χ3v) is 4.12. The summed E-state index contributed by atoms with van der Waals surface area (Å²) in [4.78, 5) is 25.1. The Labute approximate surface area is 149 Å². The van der Waals surface area contributed by atoms with Gasteiger partial charge in [-0.25, -0.2) is 18.0 Å². The predicted octanol–water partition coefficient (Wildman–Crippen LogP) is 2.64. The van der Waals surface area contributed by atoms with Crippen LogP contribution in [0.4, 0.5) is 23.7 Å². The lowest BCUT2D eigenvalue weighted by Gasteiger charge is -2.31. The maximum Gasteiger partial charge on any atom is 0.409 e. The minimum absolute atomic E-state index is 0.0521. The molecule has 2 amide bonds. The summed E-state index contributed by atoms with van der Waals surface area (Å²) in [5.74, 6) is -4.85. The van der Waals surface area contributed by atoms with Gasteiger partial charge in [-0.05, 0) is 31.9 Å². The van der Waals surface area contributed by atoms with Gasteiger partial charge >= 0.3 is 6.09 Å². The number of nitrogens with one attached hydrogen (secondary N) is 2. The number of amides is 2. The molecule has 0 bridgehead atoms. The third kappa shape index (κ3) is 5.35. The largest absolute Gasteiger partial charge is 0.450 e. The first-order chi connectivity index (χ1) is 12.4. The van der Waals surface area contributed by atoms with E-state index in [4.69, 9.17) is 4.74 Å². The van der Waals surface area contributed by atoms with E-state index in [1.54, 1.807) is 11.8 Å². The minimum Gasteiger partial charge on any atom is -0.450 e. The number of carbonyl (C=O) groups is 2. The molecule has 0 radical (unpaired) electrons. The second-order valence-corrected chi connectivity index (χ2v) is 5.94. The number of hydrogen-bond acceptors (Lipinski definition) is 4. The van der Waals surface area contributed by atoms with Crippen LogP contribution in [0.1, 0.15) is 26.2 Å². The highest BCUT2D eigenvalue weighted by molar-refractivity contribution is 5.90. The molecule has 0 unspecified atom stereocenters. The Kier molecular flexibility index (Phi) is 7.26. The summed E-state index contributed by atoms with van der Waals surface area (Å²) < 4.78 is 44.4. The van der Waals surface area contributed by atoms with Gasteiger partial charge in [-0.3, -0.25) is 4.79 Å². The Morgan fingerprint density at radius 3 is 2.54 bits per heavy atom. The van der Waals surface area contributed by atoms with Crippen molar-refractivity contribution in [3.05, 3.63) is 29.6 Å². The number of likely N-dealkylation sites (tertiary alicyclic amines) is 1. The van der Waals surface area contributed by atoms with Crippen LogP contribution in [0.2, 0.25) is 0 Å². The van der Waals surface area contributed by atoms with Gasteiger partial charge < -0.3 is 20.3 Å². The molecule has 1 heterocycles. The van der Waals surface area contributed by atoms with E-state index in [2.05, 4.69) is 10.6 Å². The van der Waals surface area contributed by atoms with E-state index in [-0.39, 0.29) is 18.6 Å². The van der Waals surface area contributed by atoms with Gasteiger partial charge in [0.1, 0.15) is 0 Å². The summed E-state index contributed by atoms with van der Waals surface area (Å²) in [6.45, 7) is 3.58. The van der Waals surface area contributed by atoms with Crippen molar-refractivity contribution in [3.63, 3.8) is 0 Å². The van der Waals surface area contributed by atoms with E-state index < -0.39 is 29.0 Å². The fraction of sp³-hybridized carbons (Fsp3) is 0.529. The standard InChI is InChI=1S/C17H22F3N3O3/c1-2-26-17(25)23-9-6-11(7-10-23)21-8-5-14(24)22-13-4-3-12(18)15(19)16(13)20/h3-4,11,21H,2,5-10H2,1H3,(H,22,24). The maximum atomic E-state index is 13.5. The molecule has 1 aliphatic heterocycles. The molecule has 6 nitrogen and oxygen atoms in total. The third-order valence-electron chi connectivity index (χ3n) is 4.12. The number of hydrogen-bond donors (Lipinski definition) is 2. The molecule has 1 aromatic rings. The van der Waals surface area contributed by atoms with Crippen LogP contribution >= 0.6 is 0 Å². The lowest BCUT2D eigenvalue weighted by molar-refractivity contribution is -0.116. The van der Waals surface area contributed by atoms with Gasteiger partial charge in [0.25, 0.3) is 0 Å². The van der Waals surface area contributed by atoms with Crippen molar-refractivity contribution < 1.29 is 27.5 Å². The molecule has 144 valence electrons. The molecule has 9 heteroatoms. The Balaban J connectivity index is 1.70. The number of ether oxygens (including phenoxy) is 1. The molecule has 1 saturated heterocycles. The van der Waals surface area contributed by atoms with Crippen molar-refractivity contribution in [2.45, 2.75) is 32.2 Å². The summed E-state index contributed by atoms with van der Waals surface area (Å²) in [6, 6.07) is 1.89. The van der Waals surface area contributed by atoms with Crippen LogP contribution in [0.15, 0.2) is 12.1 Å². The van der Waals surface area contributed by atoms with Crippen LogP contribution in [0.5, 0.6) is 0 Å². The smallest absolute Gasteiger partial charge is 0.409 e. The molecular weight excluding hydrogens is 351 g/mol. The minimum atomic E-state index is -1.62. The predicted molar refractivity (Wildman–Crippen MR) is 89.2 cm³/mol. The Morgan fingerprint density at radius 2 is 1.88 bits per heavy atom. The zero-order valence-corrected chi connectivity index (χ0v) is 14.5. The molecular formula is C17H22F3N3O3. The number of nitrogens with zero attached hydrogens (tertiary/aromatic N) is 1. The van der Waals surface area contributed by atoms with Crippen molar-refractivity contribution in [2.24, 2.45) is 0 Å². The molecule has 0 atom stereocenters. The maximum absolute atomic E-state index is 13.5. The monoisotopic (exact) mass is 373 g/mol. The van der Waals surface area contributed by atoms with E-state index in [9.17, 15) is 22.8 Å². The molecule has 0 aliphatic carbocycles. The van der Waals surface area contributed by atoms with Crippen LogP contribution in [-0.4, -0.2) is 49.2 Å². The second-order valence-electron chi connectivity index (χ2n) is 5.94. The van der Waals surface area contributed by atoms with Crippen LogP contribution in [0.25, 0.3) is 0 Å². The number of carbonyl (C=O) groups excluding carboxylic acids is 2. The molecule has 1 fully saturated rings. The van der Waals surface area contributed by atoms with E-state index in [1.807, 2.05) is 0 Å². The van der Waals surface area contributed by atoms with Gasteiger partial charge in [0, 0.05) is 32.1 Å². The van der Waals surface area contributed by atoms with Gasteiger partial charge in [0.05, 0.1) is 12.3 Å². The number of rotatable bonds is 6. The number of anilines is 1. The molecule has 26 heavy (non-hydrogen) atoms. The average molecular weight is 373 g/mol. The van der Waals surface area contributed by atoms with E-state index in [1.165, 1.54) is 0 Å². The highest BCUT2D eigenvalue weighted by Gasteiger charge is 2.23. The van der Waals surface area contributed by atoms with Crippen molar-refractivity contribution in [3.8, 4) is 0 Å². The Morgan fingerprint density at radius 1 is 1.19 bits per heavy atom. The topological polar surface area (TPSA) is 70.7 Å².